The Morgan fingerprint density at radius 2 is 1.67 bits per heavy atom. The second kappa shape index (κ2) is 7.60. The summed E-state index contributed by atoms with van der Waals surface area (Å²) in [7, 11) is 0. The van der Waals surface area contributed by atoms with Crippen molar-refractivity contribution in [3.63, 3.8) is 0 Å². The minimum absolute atomic E-state index is 0.0495. The average Bonchev–Trinajstić information content (AvgIpc) is 2.06. The van der Waals surface area contributed by atoms with Gasteiger partial charge in [-0.3, -0.25) is 0 Å². The van der Waals surface area contributed by atoms with Gasteiger partial charge < -0.3 is 5.11 Å². The Morgan fingerprint density at radius 3 is 2.08 bits per heavy atom. The number of hydrogen-bond donors (Lipinski definition) is 1. The highest BCUT2D eigenvalue weighted by Crippen LogP contribution is 2.19. The molecule has 0 aromatic heterocycles. The monoisotopic (exact) mass is 172 g/mol. The smallest absolute Gasteiger partial charge is 0.0568 e. The van der Waals surface area contributed by atoms with Gasteiger partial charge in [-0.1, -0.05) is 46.5 Å². The van der Waals surface area contributed by atoms with Gasteiger partial charge in [-0.2, -0.15) is 0 Å². The molecule has 0 amide bonds. The maximum absolute atomic E-state index is 9.74. The molecule has 0 aromatic rings. The predicted octanol–water partition coefficient (Wildman–Crippen LogP) is 3.36. The van der Waals surface area contributed by atoms with Crippen LogP contribution in [0.15, 0.2) is 0 Å². The van der Waals surface area contributed by atoms with Crippen LogP contribution in [0.1, 0.15) is 59.3 Å². The molecule has 0 aliphatic heterocycles. The highest BCUT2D eigenvalue weighted by molar-refractivity contribution is 4.66. The standard InChI is InChI=1S/C11H24O/c1-4-7-9-10(6-3)11(12)8-5-2/h10-12H,4-9H2,1-3H3/t10-,11-/m1/s1. The molecule has 2 atom stereocenters. The molecular formula is C11H24O. The van der Waals surface area contributed by atoms with Crippen molar-refractivity contribution in [1.29, 1.82) is 0 Å². The summed E-state index contributed by atoms with van der Waals surface area (Å²) in [5, 5.41) is 9.74. The summed E-state index contributed by atoms with van der Waals surface area (Å²) in [5.41, 5.74) is 0. The van der Waals surface area contributed by atoms with Gasteiger partial charge in [0, 0.05) is 0 Å². The van der Waals surface area contributed by atoms with Gasteiger partial charge in [-0.15, -0.1) is 0 Å². The lowest BCUT2D eigenvalue weighted by Crippen LogP contribution is -2.19. The Bertz CT molecular complexity index is 91.0. The van der Waals surface area contributed by atoms with E-state index in [0.29, 0.717) is 5.92 Å². The maximum Gasteiger partial charge on any atom is 0.0568 e. The Labute approximate surface area is 77.2 Å². The molecule has 0 aromatic carbocycles. The van der Waals surface area contributed by atoms with Crippen molar-refractivity contribution >= 4 is 0 Å². The van der Waals surface area contributed by atoms with E-state index in [2.05, 4.69) is 20.8 Å². The molecule has 1 heteroatoms. The van der Waals surface area contributed by atoms with E-state index < -0.39 is 0 Å². The largest absolute Gasteiger partial charge is 0.393 e. The van der Waals surface area contributed by atoms with Crippen molar-refractivity contribution in [1.82, 2.24) is 0 Å². The summed E-state index contributed by atoms with van der Waals surface area (Å²) >= 11 is 0. The van der Waals surface area contributed by atoms with E-state index in [9.17, 15) is 5.11 Å². The molecule has 0 saturated carbocycles. The highest BCUT2D eigenvalue weighted by atomic mass is 16.3. The van der Waals surface area contributed by atoms with E-state index in [4.69, 9.17) is 0 Å². The lowest BCUT2D eigenvalue weighted by molar-refractivity contribution is 0.0896. The molecule has 1 N–H and O–H groups in total. The third-order valence-corrected chi connectivity index (χ3v) is 2.58. The van der Waals surface area contributed by atoms with Crippen molar-refractivity contribution in [2.24, 2.45) is 5.92 Å². The first-order valence-electron chi connectivity index (χ1n) is 5.44. The lowest BCUT2D eigenvalue weighted by Gasteiger charge is -2.20. The van der Waals surface area contributed by atoms with E-state index >= 15 is 0 Å². The fraction of sp³-hybridized carbons (Fsp3) is 1.00. The van der Waals surface area contributed by atoms with Crippen LogP contribution in [0.2, 0.25) is 0 Å². The van der Waals surface area contributed by atoms with Crippen molar-refractivity contribution in [3.8, 4) is 0 Å². The molecule has 0 aliphatic carbocycles. The van der Waals surface area contributed by atoms with Crippen LogP contribution in [0.3, 0.4) is 0 Å². The fourth-order valence-electron chi connectivity index (χ4n) is 1.67. The van der Waals surface area contributed by atoms with Gasteiger partial charge in [0.1, 0.15) is 0 Å². The zero-order valence-corrected chi connectivity index (χ0v) is 8.84. The number of rotatable bonds is 7. The van der Waals surface area contributed by atoms with Gasteiger partial charge in [0.15, 0.2) is 0 Å². The number of hydrogen-bond acceptors (Lipinski definition) is 1. The van der Waals surface area contributed by atoms with E-state index in [1.165, 1.54) is 19.3 Å². The summed E-state index contributed by atoms with van der Waals surface area (Å²) in [6.45, 7) is 6.52. The quantitative estimate of drug-likeness (QED) is 0.624. The van der Waals surface area contributed by atoms with Crippen molar-refractivity contribution in [3.05, 3.63) is 0 Å². The first-order valence-corrected chi connectivity index (χ1v) is 5.44. The Hall–Kier alpha value is -0.0400. The van der Waals surface area contributed by atoms with Crippen molar-refractivity contribution < 1.29 is 5.11 Å². The molecule has 74 valence electrons. The number of aliphatic hydroxyl groups excluding tert-OH is 1. The first kappa shape index (κ1) is 12.0. The summed E-state index contributed by atoms with van der Waals surface area (Å²) < 4.78 is 0. The summed E-state index contributed by atoms with van der Waals surface area (Å²) in [5.74, 6) is 0.546. The van der Waals surface area contributed by atoms with Gasteiger partial charge in [0.05, 0.1) is 6.10 Å². The van der Waals surface area contributed by atoms with Crippen LogP contribution in [-0.4, -0.2) is 11.2 Å². The second-order valence-corrected chi connectivity index (χ2v) is 3.67. The molecule has 0 unspecified atom stereocenters. The van der Waals surface area contributed by atoms with Gasteiger partial charge >= 0.3 is 0 Å². The van der Waals surface area contributed by atoms with Gasteiger partial charge in [-0.25, -0.2) is 0 Å². The maximum atomic E-state index is 9.74. The number of unbranched alkanes of at least 4 members (excludes halogenated alkanes) is 1. The van der Waals surface area contributed by atoms with E-state index in [1.807, 2.05) is 0 Å². The van der Waals surface area contributed by atoms with Gasteiger partial charge in [0.2, 0.25) is 0 Å². The Kier molecular flexibility index (Phi) is 7.58. The molecule has 0 saturated heterocycles. The minimum atomic E-state index is -0.0495. The number of aliphatic hydroxyl groups is 1. The van der Waals surface area contributed by atoms with Crippen LogP contribution in [0.5, 0.6) is 0 Å². The third kappa shape index (κ3) is 4.76. The Morgan fingerprint density at radius 1 is 1.00 bits per heavy atom. The molecule has 1 nitrogen and oxygen atoms in total. The van der Waals surface area contributed by atoms with Crippen molar-refractivity contribution in [2.45, 2.75) is 65.4 Å². The molecule has 12 heavy (non-hydrogen) atoms. The molecule has 0 heterocycles. The van der Waals surface area contributed by atoms with E-state index in [0.717, 1.165) is 19.3 Å². The third-order valence-electron chi connectivity index (χ3n) is 2.58. The lowest BCUT2D eigenvalue weighted by atomic mass is 9.91. The van der Waals surface area contributed by atoms with Crippen LogP contribution in [-0.2, 0) is 0 Å². The summed E-state index contributed by atoms with van der Waals surface area (Å²) in [6.07, 6.45) is 6.86. The molecular weight excluding hydrogens is 148 g/mol. The van der Waals surface area contributed by atoms with E-state index in [-0.39, 0.29) is 6.10 Å². The van der Waals surface area contributed by atoms with Crippen LogP contribution in [0.4, 0.5) is 0 Å². The van der Waals surface area contributed by atoms with Crippen molar-refractivity contribution in [2.75, 3.05) is 0 Å². The molecule has 0 bridgehead atoms. The van der Waals surface area contributed by atoms with Crippen LogP contribution < -0.4 is 0 Å². The predicted molar refractivity (Wildman–Crippen MR) is 54.2 cm³/mol. The molecule has 0 aliphatic rings. The van der Waals surface area contributed by atoms with E-state index in [1.54, 1.807) is 0 Å². The topological polar surface area (TPSA) is 20.2 Å². The summed E-state index contributed by atoms with van der Waals surface area (Å²) in [4.78, 5) is 0. The Balaban J connectivity index is 3.62. The van der Waals surface area contributed by atoms with Crippen LogP contribution in [0.25, 0.3) is 0 Å². The molecule has 0 fully saturated rings. The zero-order chi connectivity index (χ0) is 9.40. The molecule has 0 radical (unpaired) electrons. The van der Waals surface area contributed by atoms with Gasteiger partial charge in [-0.05, 0) is 18.8 Å². The summed E-state index contributed by atoms with van der Waals surface area (Å²) in [6, 6.07) is 0. The minimum Gasteiger partial charge on any atom is -0.393 e. The fourth-order valence-corrected chi connectivity index (χ4v) is 1.67. The molecule has 0 rings (SSSR count). The second-order valence-electron chi connectivity index (χ2n) is 3.67. The normalized spacial score (nSPS) is 16.0. The first-order chi connectivity index (χ1) is 5.76. The highest BCUT2D eigenvalue weighted by Gasteiger charge is 2.15. The van der Waals surface area contributed by atoms with Crippen LogP contribution >= 0.6 is 0 Å². The van der Waals surface area contributed by atoms with Gasteiger partial charge in [0.25, 0.3) is 0 Å². The molecule has 0 spiro atoms. The van der Waals surface area contributed by atoms with Crippen LogP contribution in [0, 0.1) is 5.92 Å². The SMILES string of the molecule is CCCC[C@@H](CC)[C@H](O)CCC. The average molecular weight is 172 g/mol. The zero-order valence-electron chi connectivity index (χ0n) is 8.84.